The second-order valence-corrected chi connectivity index (χ2v) is 6.63. The van der Waals surface area contributed by atoms with Crippen molar-refractivity contribution in [1.82, 2.24) is 0 Å². The molecular weight excluding hydrogens is 279 g/mol. The number of sulfone groups is 1. The maximum atomic E-state index is 13.0. The molecule has 1 heterocycles. The first kappa shape index (κ1) is 14.2. The summed E-state index contributed by atoms with van der Waals surface area (Å²) in [7, 11) is -3.90. The molecule has 0 aromatic heterocycles. The van der Waals surface area contributed by atoms with Crippen LogP contribution in [-0.4, -0.2) is 27.8 Å². The van der Waals surface area contributed by atoms with Gasteiger partial charge in [-0.3, -0.25) is 0 Å². The molecule has 0 aliphatic carbocycles. The third-order valence-electron chi connectivity index (χ3n) is 3.14. The molecule has 1 fully saturated rings. The van der Waals surface area contributed by atoms with Gasteiger partial charge < -0.3 is 4.90 Å². The summed E-state index contributed by atoms with van der Waals surface area (Å²) in [6, 6.07) is 3.42. The van der Waals surface area contributed by atoms with Gasteiger partial charge in [0.2, 0.25) is 0 Å². The molecule has 0 atom stereocenters. The number of anilines is 1. The van der Waals surface area contributed by atoms with Crippen LogP contribution in [0.25, 0.3) is 0 Å². The van der Waals surface area contributed by atoms with E-state index in [4.69, 9.17) is 0 Å². The molecule has 0 amide bonds. The average Bonchev–Trinajstić information content (AvgIpc) is 2.79. The number of nitrogens with zero attached hydrogens (tertiary/aromatic N) is 1. The highest BCUT2D eigenvalue weighted by atomic mass is 32.2. The first-order valence-electron chi connectivity index (χ1n) is 5.86. The molecule has 0 unspecified atom stereocenters. The predicted octanol–water partition coefficient (Wildman–Crippen LogP) is 2.71. The van der Waals surface area contributed by atoms with Gasteiger partial charge in [-0.2, -0.15) is 13.2 Å². The lowest BCUT2D eigenvalue weighted by Gasteiger charge is -2.20. The Morgan fingerprint density at radius 3 is 2.21 bits per heavy atom. The summed E-state index contributed by atoms with van der Waals surface area (Å²) in [4.78, 5) is 1.17. The van der Waals surface area contributed by atoms with Gasteiger partial charge in [-0.15, -0.1) is 0 Å². The Bertz CT molecular complexity index is 575. The van der Waals surface area contributed by atoms with Gasteiger partial charge >= 0.3 is 6.18 Å². The van der Waals surface area contributed by atoms with Crippen molar-refractivity contribution < 1.29 is 21.6 Å². The molecule has 3 nitrogen and oxygen atoms in total. The Labute approximate surface area is 109 Å². The van der Waals surface area contributed by atoms with Gasteiger partial charge in [0, 0.05) is 25.0 Å². The standard InChI is InChI=1S/C12H14F3NO2S/c1-19(17,18)11-5-4-9(16-6-2-3-7-16)8-10(11)12(13,14)15/h4-5,8H,2-3,6-7H2,1H3. The second-order valence-electron chi connectivity index (χ2n) is 4.64. The minimum Gasteiger partial charge on any atom is -0.372 e. The summed E-state index contributed by atoms with van der Waals surface area (Å²) in [5.74, 6) is 0. The number of benzene rings is 1. The van der Waals surface area contributed by atoms with E-state index in [1.807, 2.05) is 4.90 Å². The second kappa shape index (κ2) is 4.70. The molecule has 0 spiro atoms. The van der Waals surface area contributed by atoms with Crippen LogP contribution in [0.1, 0.15) is 18.4 Å². The van der Waals surface area contributed by atoms with E-state index in [1.54, 1.807) is 0 Å². The van der Waals surface area contributed by atoms with E-state index in [-0.39, 0.29) is 0 Å². The largest absolute Gasteiger partial charge is 0.417 e. The lowest BCUT2D eigenvalue weighted by molar-refractivity contribution is -0.139. The molecule has 1 aromatic carbocycles. The van der Waals surface area contributed by atoms with Crippen LogP contribution in [0, 0.1) is 0 Å². The third-order valence-corrected chi connectivity index (χ3v) is 4.29. The number of hydrogen-bond acceptors (Lipinski definition) is 3. The van der Waals surface area contributed by atoms with Crippen LogP contribution < -0.4 is 4.90 Å². The van der Waals surface area contributed by atoms with Crippen molar-refractivity contribution in [2.75, 3.05) is 24.2 Å². The van der Waals surface area contributed by atoms with E-state index in [9.17, 15) is 21.6 Å². The fourth-order valence-corrected chi connectivity index (χ4v) is 3.12. The molecule has 0 bridgehead atoms. The van der Waals surface area contributed by atoms with Gasteiger partial charge in [-0.1, -0.05) is 0 Å². The van der Waals surface area contributed by atoms with Crippen LogP contribution >= 0.6 is 0 Å². The normalized spacial score (nSPS) is 16.9. The van der Waals surface area contributed by atoms with Crippen molar-refractivity contribution in [3.05, 3.63) is 23.8 Å². The van der Waals surface area contributed by atoms with E-state index in [2.05, 4.69) is 0 Å². The number of hydrogen-bond donors (Lipinski definition) is 0. The minimum absolute atomic E-state index is 0.428. The zero-order valence-electron chi connectivity index (χ0n) is 10.4. The summed E-state index contributed by atoms with van der Waals surface area (Å²) in [5, 5.41) is 0. The lowest BCUT2D eigenvalue weighted by Crippen LogP contribution is -2.20. The maximum Gasteiger partial charge on any atom is 0.417 e. The van der Waals surface area contributed by atoms with Gasteiger partial charge in [0.25, 0.3) is 0 Å². The quantitative estimate of drug-likeness (QED) is 0.841. The highest BCUT2D eigenvalue weighted by Crippen LogP contribution is 2.37. The SMILES string of the molecule is CS(=O)(=O)c1ccc(N2CCCC2)cc1C(F)(F)F. The Kier molecular flexibility index (Phi) is 3.51. The summed E-state index contributed by atoms with van der Waals surface area (Å²) in [5.41, 5.74) is -0.656. The van der Waals surface area contributed by atoms with E-state index >= 15 is 0 Å². The van der Waals surface area contributed by atoms with Crippen LogP contribution in [0.5, 0.6) is 0 Å². The van der Waals surface area contributed by atoms with Gasteiger partial charge in [-0.05, 0) is 31.0 Å². The highest BCUT2D eigenvalue weighted by Gasteiger charge is 2.36. The molecule has 1 aliphatic rings. The summed E-state index contributed by atoms with van der Waals surface area (Å²) in [6.07, 6.45) is -2.01. The smallest absolute Gasteiger partial charge is 0.372 e. The molecule has 2 rings (SSSR count). The fourth-order valence-electron chi connectivity index (χ4n) is 2.23. The average molecular weight is 293 g/mol. The molecule has 19 heavy (non-hydrogen) atoms. The zero-order chi connectivity index (χ0) is 14.3. The van der Waals surface area contributed by atoms with Crippen molar-refractivity contribution in [2.45, 2.75) is 23.9 Å². The molecule has 1 aromatic rings. The fraction of sp³-hybridized carbons (Fsp3) is 0.500. The number of rotatable bonds is 2. The monoisotopic (exact) mass is 293 g/mol. The third kappa shape index (κ3) is 3.02. The molecule has 106 valence electrons. The Morgan fingerprint density at radius 2 is 1.74 bits per heavy atom. The molecule has 0 N–H and O–H groups in total. The Morgan fingerprint density at radius 1 is 1.16 bits per heavy atom. The minimum atomic E-state index is -4.67. The van der Waals surface area contributed by atoms with E-state index in [0.717, 1.165) is 31.2 Å². The van der Waals surface area contributed by atoms with Gasteiger partial charge in [0.15, 0.2) is 9.84 Å². The van der Waals surface area contributed by atoms with E-state index in [1.165, 1.54) is 6.07 Å². The van der Waals surface area contributed by atoms with Crippen molar-refractivity contribution in [2.24, 2.45) is 0 Å². The Hall–Kier alpha value is -1.24. The van der Waals surface area contributed by atoms with Gasteiger partial charge in [-0.25, -0.2) is 8.42 Å². The van der Waals surface area contributed by atoms with Crippen molar-refractivity contribution in [3.8, 4) is 0 Å². The van der Waals surface area contributed by atoms with Crippen LogP contribution in [0.3, 0.4) is 0 Å². The summed E-state index contributed by atoms with van der Waals surface area (Å²) >= 11 is 0. The van der Waals surface area contributed by atoms with Crippen LogP contribution in [0.2, 0.25) is 0 Å². The number of alkyl halides is 3. The maximum absolute atomic E-state index is 13.0. The first-order valence-corrected chi connectivity index (χ1v) is 7.75. The molecule has 0 radical (unpaired) electrons. The zero-order valence-corrected chi connectivity index (χ0v) is 11.2. The van der Waals surface area contributed by atoms with Crippen molar-refractivity contribution in [1.29, 1.82) is 0 Å². The molecule has 1 saturated heterocycles. The van der Waals surface area contributed by atoms with Gasteiger partial charge in [0.1, 0.15) is 0 Å². The predicted molar refractivity (Wildman–Crippen MR) is 66.0 cm³/mol. The molecule has 1 aliphatic heterocycles. The number of halogens is 3. The highest BCUT2D eigenvalue weighted by molar-refractivity contribution is 7.90. The molecule has 7 heteroatoms. The van der Waals surface area contributed by atoms with Crippen LogP contribution in [-0.2, 0) is 16.0 Å². The van der Waals surface area contributed by atoms with E-state index in [0.29, 0.717) is 18.8 Å². The lowest BCUT2D eigenvalue weighted by atomic mass is 10.2. The first-order chi connectivity index (χ1) is 8.69. The molecular formula is C12H14F3NO2S. The van der Waals surface area contributed by atoms with Crippen molar-refractivity contribution in [3.63, 3.8) is 0 Å². The van der Waals surface area contributed by atoms with E-state index < -0.39 is 26.5 Å². The summed E-state index contributed by atoms with van der Waals surface area (Å²) < 4.78 is 61.7. The van der Waals surface area contributed by atoms with Gasteiger partial charge in [0.05, 0.1) is 10.5 Å². The van der Waals surface area contributed by atoms with Crippen LogP contribution in [0.4, 0.5) is 18.9 Å². The topological polar surface area (TPSA) is 37.4 Å². The Balaban J connectivity index is 2.54. The van der Waals surface area contributed by atoms with Crippen LogP contribution in [0.15, 0.2) is 23.1 Å². The molecule has 0 saturated carbocycles. The summed E-state index contributed by atoms with van der Waals surface area (Å²) in [6.45, 7) is 1.41. The van der Waals surface area contributed by atoms with Crippen molar-refractivity contribution >= 4 is 15.5 Å².